The molecular weight excluding hydrogens is 216 g/mol. The Labute approximate surface area is 93.7 Å². The van der Waals surface area contributed by atoms with Gasteiger partial charge in [-0.2, -0.15) is 0 Å². The molecule has 0 spiro atoms. The number of hydrogen-bond acceptors (Lipinski definition) is 3. The van der Waals surface area contributed by atoms with Crippen molar-refractivity contribution in [3.63, 3.8) is 0 Å². The van der Waals surface area contributed by atoms with Gasteiger partial charge in [-0.05, 0) is 43.2 Å². The van der Waals surface area contributed by atoms with Crippen molar-refractivity contribution >= 4 is 22.9 Å². The molecule has 0 amide bonds. The minimum Gasteiger partial charge on any atom is -0.142 e. The van der Waals surface area contributed by atoms with E-state index in [1.165, 1.54) is 32.1 Å². The fraction of sp³-hybridized carbons (Fsp3) is 0.800. The topological polar surface area (TPSA) is 25.8 Å². The molecule has 0 unspecified atom stereocenters. The van der Waals surface area contributed by atoms with Crippen LogP contribution in [0.2, 0.25) is 4.47 Å². The van der Waals surface area contributed by atoms with E-state index in [2.05, 4.69) is 17.1 Å². The molecule has 2 nitrogen and oxygen atoms in total. The summed E-state index contributed by atoms with van der Waals surface area (Å²) in [6, 6.07) is 0. The summed E-state index contributed by atoms with van der Waals surface area (Å²) in [5.74, 6) is 1.57. The van der Waals surface area contributed by atoms with E-state index in [-0.39, 0.29) is 0 Å². The Bertz CT molecular complexity index is 292. The first kappa shape index (κ1) is 10.4. The highest BCUT2D eigenvalue weighted by atomic mass is 35.5. The van der Waals surface area contributed by atoms with Gasteiger partial charge in [0.2, 0.25) is 4.47 Å². The number of aromatic nitrogens is 2. The molecule has 1 aliphatic rings. The Balaban J connectivity index is 1.95. The smallest absolute Gasteiger partial charge is 0.142 e. The van der Waals surface area contributed by atoms with Crippen LogP contribution in [0.15, 0.2) is 0 Å². The maximum atomic E-state index is 5.78. The predicted octanol–water partition coefficient (Wildman–Crippen LogP) is 3.88. The Morgan fingerprint density at radius 3 is 2.50 bits per heavy atom. The number of nitrogens with zero attached hydrogens (tertiary/aromatic N) is 2. The lowest BCUT2D eigenvalue weighted by atomic mass is 9.81. The van der Waals surface area contributed by atoms with Crippen molar-refractivity contribution in [3.8, 4) is 0 Å². The summed E-state index contributed by atoms with van der Waals surface area (Å²) in [5, 5.41) is 9.13. The van der Waals surface area contributed by atoms with Crippen LogP contribution in [0, 0.1) is 5.92 Å². The van der Waals surface area contributed by atoms with Gasteiger partial charge in [-0.15, -0.1) is 10.2 Å². The number of hydrogen-bond donors (Lipinski definition) is 0. The molecular formula is C10H15ClN2S. The minimum absolute atomic E-state index is 0.581. The van der Waals surface area contributed by atoms with Crippen LogP contribution in [-0.2, 0) is 0 Å². The molecule has 1 heterocycles. The minimum atomic E-state index is 0.581. The summed E-state index contributed by atoms with van der Waals surface area (Å²) in [6.07, 6.45) is 6.55. The van der Waals surface area contributed by atoms with Gasteiger partial charge in [-0.1, -0.05) is 24.7 Å². The van der Waals surface area contributed by atoms with Crippen LogP contribution in [0.25, 0.3) is 0 Å². The van der Waals surface area contributed by atoms with Crippen LogP contribution in [0.3, 0.4) is 0 Å². The second kappa shape index (κ2) is 4.58. The van der Waals surface area contributed by atoms with E-state index in [9.17, 15) is 0 Å². The molecule has 1 aliphatic carbocycles. The van der Waals surface area contributed by atoms with Crippen molar-refractivity contribution in [3.05, 3.63) is 9.47 Å². The van der Waals surface area contributed by atoms with Crippen molar-refractivity contribution in [1.82, 2.24) is 10.2 Å². The molecule has 0 aromatic carbocycles. The molecule has 1 aromatic heterocycles. The van der Waals surface area contributed by atoms with Crippen molar-refractivity contribution in [2.24, 2.45) is 5.92 Å². The van der Waals surface area contributed by atoms with Crippen molar-refractivity contribution in [2.45, 2.75) is 44.9 Å². The summed E-state index contributed by atoms with van der Waals surface area (Å²) in [4.78, 5) is 0. The van der Waals surface area contributed by atoms with E-state index >= 15 is 0 Å². The van der Waals surface area contributed by atoms with Crippen LogP contribution in [-0.4, -0.2) is 10.2 Å². The highest BCUT2D eigenvalue weighted by Gasteiger charge is 2.23. The van der Waals surface area contributed by atoms with Crippen LogP contribution >= 0.6 is 22.9 Å². The Kier molecular flexibility index (Phi) is 3.39. The first-order chi connectivity index (χ1) is 6.79. The lowest BCUT2D eigenvalue weighted by Gasteiger charge is -2.25. The lowest BCUT2D eigenvalue weighted by molar-refractivity contribution is 0.317. The van der Waals surface area contributed by atoms with Gasteiger partial charge >= 0.3 is 0 Å². The molecule has 2 rings (SSSR count). The second-order valence-electron chi connectivity index (χ2n) is 4.02. The van der Waals surface area contributed by atoms with E-state index in [1.54, 1.807) is 11.3 Å². The summed E-state index contributed by atoms with van der Waals surface area (Å²) in [5.41, 5.74) is 0. The molecule has 1 fully saturated rings. The van der Waals surface area contributed by atoms with E-state index < -0.39 is 0 Å². The largest absolute Gasteiger partial charge is 0.207 e. The SMILES string of the molecule is CCC1CCC(c2nnc(Cl)s2)CC1. The van der Waals surface area contributed by atoms with Gasteiger partial charge in [0.1, 0.15) is 5.01 Å². The van der Waals surface area contributed by atoms with Gasteiger partial charge in [0.25, 0.3) is 0 Å². The quantitative estimate of drug-likeness (QED) is 0.771. The van der Waals surface area contributed by atoms with E-state index in [0.29, 0.717) is 10.4 Å². The summed E-state index contributed by atoms with van der Waals surface area (Å²) in [7, 11) is 0. The maximum absolute atomic E-state index is 5.78. The fourth-order valence-electron chi connectivity index (χ4n) is 2.20. The van der Waals surface area contributed by atoms with Gasteiger partial charge in [-0.25, -0.2) is 0 Å². The van der Waals surface area contributed by atoms with Crippen LogP contribution in [0.1, 0.15) is 50.0 Å². The maximum Gasteiger partial charge on any atom is 0.207 e. The standard InChI is InChI=1S/C10H15ClN2S/c1-2-7-3-5-8(6-4-7)9-12-13-10(11)14-9/h7-8H,2-6H2,1H3. The average molecular weight is 231 g/mol. The third-order valence-electron chi connectivity index (χ3n) is 3.19. The molecule has 0 aliphatic heterocycles. The van der Waals surface area contributed by atoms with Gasteiger partial charge in [-0.3, -0.25) is 0 Å². The Morgan fingerprint density at radius 2 is 2.00 bits per heavy atom. The van der Waals surface area contributed by atoms with E-state index in [0.717, 1.165) is 10.9 Å². The molecule has 0 saturated heterocycles. The van der Waals surface area contributed by atoms with Crippen molar-refractivity contribution in [1.29, 1.82) is 0 Å². The highest BCUT2D eigenvalue weighted by Crippen LogP contribution is 2.38. The molecule has 0 N–H and O–H groups in total. The number of halogens is 1. The third-order valence-corrected chi connectivity index (χ3v) is 4.37. The Hall–Kier alpha value is -0.150. The van der Waals surface area contributed by atoms with Crippen LogP contribution < -0.4 is 0 Å². The zero-order valence-corrected chi connectivity index (χ0v) is 9.94. The second-order valence-corrected chi connectivity index (χ2v) is 5.61. The van der Waals surface area contributed by atoms with Crippen molar-refractivity contribution in [2.75, 3.05) is 0 Å². The molecule has 0 bridgehead atoms. The molecule has 1 aromatic rings. The normalized spacial score (nSPS) is 27.9. The van der Waals surface area contributed by atoms with Gasteiger partial charge < -0.3 is 0 Å². The Morgan fingerprint density at radius 1 is 1.29 bits per heavy atom. The van der Waals surface area contributed by atoms with Crippen molar-refractivity contribution < 1.29 is 0 Å². The van der Waals surface area contributed by atoms with Crippen LogP contribution in [0.4, 0.5) is 0 Å². The first-order valence-corrected chi connectivity index (χ1v) is 6.48. The molecule has 78 valence electrons. The number of rotatable bonds is 2. The third kappa shape index (κ3) is 2.26. The van der Waals surface area contributed by atoms with Gasteiger partial charge in [0.15, 0.2) is 0 Å². The molecule has 0 atom stereocenters. The lowest BCUT2D eigenvalue weighted by Crippen LogP contribution is -2.12. The monoisotopic (exact) mass is 230 g/mol. The van der Waals surface area contributed by atoms with E-state index in [1.807, 2.05) is 0 Å². The molecule has 14 heavy (non-hydrogen) atoms. The zero-order valence-electron chi connectivity index (χ0n) is 8.37. The van der Waals surface area contributed by atoms with Crippen LogP contribution in [0.5, 0.6) is 0 Å². The molecule has 0 radical (unpaired) electrons. The fourth-order valence-corrected chi connectivity index (χ4v) is 3.21. The predicted molar refractivity (Wildman–Crippen MR) is 59.9 cm³/mol. The summed E-state index contributed by atoms with van der Waals surface area (Å²) in [6.45, 7) is 2.28. The summed E-state index contributed by atoms with van der Waals surface area (Å²) < 4.78 is 0.581. The zero-order chi connectivity index (χ0) is 9.97. The first-order valence-electron chi connectivity index (χ1n) is 5.28. The van der Waals surface area contributed by atoms with Gasteiger partial charge in [0.05, 0.1) is 0 Å². The van der Waals surface area contributed by atoms with E-state index in [4.69, 9.17) is 11.6 Å². The highest BCUT2D eigenvalue weighted by molar-refractivity contribution is 7.15. The average Bonchev–Trinajstić information content (AvgIpc) is 2.65. The molecule has 4 heteroatoms. The molecule has 1 saturated carbocycles. The van der Waals surface area contributed by atoms with Gasteiger partial charge in [0, 0.05) is 5.92 Å². The summed E-state index contributed by atoms with van der Waals surface area (Å²) >= 11 is 7.33.